The number of urea groups is 1. The van der Waals surface area contributed by atoms with Crippen molar-refractivity contribution >= 4 is 17.8 Å². The van der Waals surface area contributed by atoms with Crippen LogP contribution in [0, 0.1) is 5.82 Å². The first-order valence-corrected chi connectivity index (χ1v) is 7.71. The van der Waals surface area contributed by atoms with Crippen LogP contribution in [-0.4, -0.2) is 28.4 Å². The predicted molar refractivity (Wildman–Crippen MR) is 79.4 cm³/mol. The van der Waals surface area contributed by atoms with Crippen LogP contribution in [0.15, 0.2) is 24.3 Å². The number of imide groups is 1. The number of halogens is 1. The number of carbonyl (C=O) groups is 3. The van der Waals surface area contributed by atoms with Gasteiger partial charge < -0.3 is 5.32 Å². The molecule has 0 unspecified atom stereocenters. The Morgan fingerprint density at radius 2 is 2.00 bits per heavy atom. The first kappa shape index (κ1) is 15.5. The van der Waals surface area contributed by atoms with Gasteiger partial charge in [0, 0.05) is 0 Å². The van der Waals surface area contributed by atoms with Crippen molar-refractivity contribution in [2.45, 2.75) is 44.1 Å². The third kappa shape index (κ3) is 3.04. The van der Waals surface area contributed by atoms with Crippen molar-refractivity contribution in [2.75, 3.05) is 0 Å². The number of hydrogen-bond acceptors (Lipinski definition) is 3. The van der Waals surface area contributed by atoms with E-state index in [1.807, 2.05) is 0 Å². The van der Waals surface area contributed by atoms with Gasteiger partial charge in [0.25, 0.3) is 5.91 Å². The lowest BCUT2D eigenvalue weighted by atomic mass is 9.82. The molecule has 2 aliphatic rings. The summed E-state index contributed by atoms with van der Waals surface area (Å²) >= 11 is 0. The van der Waals surface area contributed by atoms with Crippen LogP contribution in [-0.2, 0) is 16.0 Å². The second-order valence-corrected chi connectivity index (χ2v) is 6.06. The van der Waals surface area contributed by atoms with E-state index in [0.29, 0.717) is 18.4 Å². The molecule has 23 heavy (non-hydrogen) atoms. The summed E-state index contributed by atoms with van der Waals surface area (Å²) in [5.41, 5.74) is 1.93. The number of hydrogen-bond donors (Lipinski definition) is 2. The molecule has 0 aromatic heterocycles. The molecule has 1 saturated heterocycles. The first-order valence-electron chi connectivity index (χ1n) is 7.71. The molecule has 4 amide bonds. The second kappa shape index (κ2) is 5.98. The summed E-state index contributed by atoms with van der Waals surface area (Å²) in [4.78, 5) is 36.6. The van der Waals surface area contributed by atoms with E-state index in [0.717, 1.165) is 24.3 Å². The van der Waals surface area contributed by atoms with Gasteiger partial charge in [-0.2, -0.15) is 5.01 Å². The lowest BCUT2D eigenvalue weighted by Gasteiger charge is -2.30. The van der Waals surface area contributed by atoms with Crippen LogP contribution in [0.2, 0.25) is 0 Å². The third-order valence-electron chi connectivity index (χ3n) is 4.36. The maximum Gasteiger partial charge on any atom is 0.344 e. The fourth-order valence-corrected chi connectivity index (χ4v) is 3.21. The van der Waals surface area contributed by atoms with Crippen molar-refractivity contribution in [3.05, 3.63) is 35.6 Å². The number of hydrazine groups is 1. The monoisotopic (exact) mass is 319 g/mol. The zero-order valence-corrected chi connectivity index (χ0v) is 12.6. The minimum Gasteiger partial charge on any atom is -0.322 e. The SMILES string of the molecule is O=C(Cc1cccc(F)c1)NN1C(=O)NC2(CCCCC2)C1=O. The van der Waals surface area contributed by atoms with Gasteiger partial charge in [-0.05, 0) is 30.5 Å². The number of carbonyl (C=O) groups excluding carboxylic acids is 3. The maximum absolute atomic E-state index is 13.1. The molecular weight excluding hydrogens is 301 g/mol. The Morgan fingerprint density at radius 3 is 2.70 bits per heavy atom. The Balaban J connectivity index is 1.66. The Bertz CT molecular complexity index is 656. The summed E-state index contributed by atoms with van der Waals surface area (Å²) in [6.45, 7) is 0. The van der Waals surface area contributed by atoms with Crippen LogP contribution in [0.3, 0.4) is 0 Å². The van der Waals surface area contributed by atoms with E-state index in [1.54, 1.807) is 6.07 Å². The van der Waals surface area contributed by atoms with E-state index in [-0.39, 0.29) is 6.42 Å². The van der Waals surface area contributed by atoms with Gasteiger partial charge in [-0.3, -0.25) is 15.0 Å². The molecule has 2 N–H and O–H groups in total. The normalized spacial score (nSPS) is 19.8. The lowest BCUT2D eigenvalue weighted by molar-refractivity contribution is -0.139. The molecule has 1 saturated carbocycles. The van der Waals surface area contributed by atoms with Crippen molar-refractivity contribution in [2.24, 2.45) is 0 Å². The Labute approximate surface area is 133 Å². The standard InChI is InChI=1S/C16H18FN3O3/c17-12-6-4-5-11(9-12)10-13(21)19-20-14(22)16(18-15(20)23)7-2-1-3-8-16/h4-6,9H,1-3,7-8,10H2,(H,18,23)(H,19,21). The van der Waals surface area contributed by atoms with Gasteiger partial charge in [0.1, 0.15) is 11.4 Å². The van der Waals surface area contributed by atoms with E-state index in [2.05, 4.69) is 10.7 Å². The quantitative estimate of drug-likeness (QED) is 0.832. The largest absolute Gasteiger partial charge is 0.344 e. The molecule has 1 aromatic carbocycles. The average Bonchev–Trinajstić information content (AvgIpc) is 2.72. The van der Waals surface area contributed by atoms with Crippen LogP contribution < -0.4 is 10.7 Å². The van der Waals surface area contributed by atoms with Crippen molar-refractivity contribution in [3.63, 3.8) is 0 Å². The topological polar surface area (TPSA) is 78.5 Å². The minimum atomic E-state index is -0.874. The second-order valence-electron chi connectivity index (χ2n) is 6.06. The Hall–Kier alpha value is -2.44. The number of rotatable bonds is 3. The molecular formula is C16H18FN3O3. The van der Waals surface area contributed by atoms with Crippen LogP contribution >= 0.6 is 0 Å². The van der Waals surface area contributed by atoms with Gasteiger partial charge in [0.05, 0.1) is 6.42 Å². The highest BCUT2D eigenvalue weighted by Gasteiger charge is 2.52. The highest BCUT2D eigenvalue weighted by Crippen LogP contribution is 2.32. The van der Waals surface area contributed by atoms with Gasteiger partial charge in [-0.15, -0.1) is 0 Å². The number of benzene rings is 1. The highest BCUT2D eigenvalue weighted by atomic mass is 19.1. The van der Waals surface area contributed by atoms with Crippen molar-refractivity contribution < 1.29 is 18.8 Å². The van der Waals surface area contributed by atoms with E-state index < -0.39 is 29.2 Å². The van der Waals surface area contributed by atoms with Gasteiger partial charge >= 0.3 is 6.03 Å². The van der Waals surface area contributed by atoms with Crippen LogP contribution in [0.1, 0.15) is 37.7 Å². The zero-order chi connectivity index (χ0) is 16.4. The smallest absolute Gasteiger partial charge is 0.322 e. The van der Waals surface area contributed by atoms with E-state index in [1.165, 1.54) is 18.2 Å². The minimum absolute atomic E-state index is 0.109. The molecule has 2 fully saturated rings. The molecule has 0 atom stereocenters. The van der Waals surface area contributed by atoms with Crippen molar-refractivity contribution in [1.82, 2.24) is 15.8 Å². The van der Waals surface area contributed by atoms with E-state index in [4.69, 9.17) is 0 Å². The number of nitrogens with zero attached hydrogens (tertiary/aromatic N) is 1. The van der Waals surface area contributed by atoms with Crippen LogP contribution in [0.4, 0.5) is 9.18 Å². The molecule has 3 rings (SSSR count). The van der Waals surface area contributed by atoms with Crippen LogP contribution in [0.5, 0.6) is 0 Å². The summed E-state index contributed by atoms with van der Waals surface area (Å²) in [5, 5.41) is 3.47. The molecule has 6 nitrogen and oxygen atoms in total. The van der Waals surface area contributed by atoms with Crippen LogP contribution in [0.25, 0.3) is 0 Å². The highest BCUT2D eigenvalue weighted by molar-refractivity contribution is 6.08. The molecule has 1 aliphatic heterocycles. The number of nitrogens with one attached hydrogen (secondary N) is 2. The molecule has 1 aliphatic carbocycles. The fraction of sp³-hybridized carbons (Fsp3) is 0.438. The summed E-state index contributed by atoms with van der Waals surface area (Å²) < 4.78 is 13.1. The molecule has 1 heterocycles. The molecule has 122 valence electrons. The van der Waals surface area contributed by atoms with Crippen molar-refractivity contribution in [1.29, 1.82) is 0 Å². The molecule has 0 bridgehead atoms. The Morgan fingerprint density at radius 1 is 1.26 bits per heavy atom. The fourth-order valence-electron chi connectivity index (χ4n) is 3.21. The molecule has 7 heteroatoms. The van der Waals surface area contributed by atoms with E-state index >= 15 is 0 Å². The summed E-state index contributed by atoms with van der Waals surface area (Å²) in [5.74, 6) is -1.38. The first-order chi connectivity index (χ1) is 11.0. The lowest BCUT2D eigenvalue weighted by Crippen LogP contribution is -2.51. The summed E-state index contributed by atoms with van der Waals surface area (Å²) in [6.07, 6.45) is 3.86. The van der Waals surface area contributed by atoms with Gasteiger partial charge in [0.2, 0.25) is 5.91 Å². The molecule has 1 spiro atoms. The van der Waals surface area contributed by atoms with Gasteiger partial charge in [-0.1, -0.05) is 31.4 Å². The predicted octanol–water partition coefficient (Wildman–Crippen LogP) is 1.65. The third-order valence-corrected chi connectivity index (χ3v) is 4.36. The van der Waals surface area contributed by atoms with E-state index in [9.17, 15) is 18.8 Å². The number of amides is 4. The zero-order valence-electron chi connectivity index (χ0n) is 12.6. The summed E-state index contributed by atoms with van der Waals surface area (Å²) in [6, 6.07) is 5.03. The maximum atomic E-state index is 13.1. The molecule has 1 aromatic rings. The molecule has 0 radical (unpaired) electrons. The average molecular weight is 319 g/mol. The van der Waals surface area contributed by atoms with Gasteiger partial charge in [-0.25, -0.2) is 9.18 Å². The van der Waals surface area contributed by atoms with Crippen molar-refractivity contribution in [3.8, 4) is 0 Å². The Kier molecular flexibility index (Phi) is 4.02. The summed E-state index contributed by atoms with van der Waals surface area (Å²) in [7, 11) is 0. The van der Waals surface area contributed by atoms with Gasteiger partial charge in [0.15, 0.2) is 0 Å².